The first kappa shape index (κ1) is 20.8. The summed E-state index contributed by atoms with van der Waals surface area (Å²) in [6, 6.07) is 6.86. The van der Waals surface area contributed by atoms with E-state index in [1.54, 1.807) is 0 Å². The lowest BCUT2D eigenvalue weighted by molar-refractivity contribution is -0.307. The first-order chi connectivity index (χ1) is 12.2. The molecule has 0 N–H and O–H groups in total. The van der Waals surface area contributed by atoms with Crippen LogP contribution in [0.5, 0.6) is 5.75 Å². The van der Waals surface area contributed by atoms with Crippen molar-refractivity contribution in [3.05, 3.63) is 42.0 Å². The number of hydrogen-bond donors (Lipinski definition) is 0. The van der Waals surface area contributed by atoms with Crippen LogP contribution in [0, 0.1) is 0 Å². The van der Waals surface area contributed by atoms with Gasteiger partial charge in [0.1, 0.15) is 5.75 Å². The molecule has 27 heavy (non-hydrogen) atoms. The third-order valence-corrected chi connectivity index (χ3v) is 3.63. The summed E-state index contributed by atoms with van der Waals surface area (Å²) in [5, 5.41) is 0.0904. The van der Waals surface area contributed by atoms with E-state index >= 15 is 0 Å². The number of fused-ring (bicyclic) bond motifs is 1. The van der Waals surface area contributed by atoms with Gasteiger partial charge in [0, 0.05) is 0 Å². The molecule has 2 aromatic carbocycles. The van der Waals surface area contributed by atoms with Crippen LogP contribution < -0.4 is 4.18 Å². The summed E-state index contributed by atoms with van der Waals surface area (Å²) in [5.41, 5.74) is -0.558. The molecule has 0 amide bonds. The lowest BCUT2D eigenvalue weighted by Gasteiger charge is -2.23. The molecule has 0 spiro atoms. The number of carbonyl (C=O) groups is 1. The maximum absolute atomic E-state index is 12.5. The molecular weight excluding hydrogens is 406 g/mol. The van der Waals surface area contributed by atoms with E-state index in [0.717, 1.165) is 30.5 Å². The van der Waals surface area contributed by atoms with Gasteiger partial charge in [-0.25, -0.2) is 4.79 Å². The van der Waals surface area contributed by atoms with Gasteiger partial charge in [-0.05, 0) is 35.0 Å². The summed E-state index contributed by atoms with van der Waals surface area (Å²) in [5.74, 6) is -1.99. The zero-order chi connectivity index (χ0) is 20.6. The van der Waals surface area contributed by atoms with Gasteiger partial charge >= 0.3 is 28.4 Å². The first-order valence-corrected chi connectivity index (χ1v) is 8.77. The maximum atomic E-state index is 12.5. The van der Waals surface area contributed by atoms with E-state index in [0.29, 0.717) is 0 Å². The Morgan fingerprint density at radius 3 is 2.11 bits per heavy atom. The summed E-state index contributed by atoms with van der Waals surface area (Å²) in [4.78, 5) is 11.9. The van der Waals surface area contributed by atoms with E-state index < -0.39 is 40.1 Å². The van der Waals surface area contributed by atoms with Crippen molar-refractivity contribution in [3.8, 4) is 5.75 Å². The van der Waals surface area contributed by atoms with Gasteiger partial charge in [0.2, 0.25) is 0 Å². The SMILES string of the molecule is CS(=O)(=O)Oc1ccc2c(C(=O)OC(C(F)(F)F)C(F)(F)F)cccc2c1. The molecule has 0 radical (unpaired) electrons. The lowest BCUT2D eigenvalue weighted by atomic mass is 10.0. The number of carbonyl (C=O) groups excluding carboxylic acids is 1. The van der Waals surface area contributed by atoms with Crippen molar-refractivity contribution in [2.45, 2.75) is 18.5 Å². The molecule has 0 saturated heterocycles. The molecule has 0 atom stereocenters. The van der Waals surface area contributed by atoms with E-state index in [1.807, 2.05) is 0 Å². The Kier molecular flexibility index (Phi) is 5.32. The van der Waals surface area contributed by atoms with Gasteiger partial charge < -0.3 is 8.92 Å². The summed E-state index contributed by atoms with van der Waals surface area (Å²) in [7, 11) is -3.86. The van der Waals surface area contributed by atoms with Crippen molar-refractivity contribution in [2.75, 3.05) is 6.26 Å². The number of rotatable bonds is 4. The van der Waals surface area contributed by atoms with Gasteiger partial charge in [-0.2, -0.15) is 34.8 Å². The number of hydrogen-bond acceptors (Lipinski definition) is 5. The van der Waals surface area contributed by atoms with Gasteiger partial charge in [0.15, 0.2) is 0 Å². The molecule has 0 aromatic heterocycles. The molecule has 0 unspecified atom stereocenters. The fourth-order valence-corrected chi connectivity index (χ4v) is 2.61. The van der Waals surface area contributed by atoms with Crippen LogP contribution in [0.15, 0.2) is 36.4 Å². The fraction of sp³-hybridized carbons (Fsp3) is 0.267. The molecular formula is C15H10F6O5S. The van der Waals surface area contributed by atoms with Crippen molar-refractivity contribution in [3.63, 3.8) is 0 Å². The van der Waals surface area contributed by atoms with Crippen LogP contribution in [-0.2, 0) is 14.9 Å². The second-order valence-electron chi connectivity index (χ2n) is 5.34. The van der Waals surface area contributed by atoms with E-state index in [1.165, 1.54) is 12.1 Å². The Labute approximate surface area is 148 Å². The minimum absolute atomic E-state index is 0.0496. The standard InChI is InChI=1S/C15H10F6O5S/c1-27(23,24)26-9-5-6-10-8(7-9)3-2-4-11(10)12(22)25-13(14(16,17)18)15(19,20)21/h2-7,13H,1H3. The van der Waals surface area contributed by atoms with Crippen LogP contribution in [0.4, 0.5) is 26.3 Å². The minimum Gasteiger partial charge on any atom is -0.439 e. The van der Waals surface area contributed by atoms with E-state index in [2.05, 4.69) is 8.92 Å². The molecule has 0 bridgehead atoms. The number of alkyl halides is 6. The average molecular weight is 416 g/mol. The van der Waals surface area contributed by atoms with E-state index in [-0.39, 0.29) is 16.5 Å². The Balaban J connectivity index is 2.42. The predicted molar refractivity (Wildman–Crippen MR) is 80.7 cm³/mol. The van der Waals surface area contributed by atoms with E-state index in [9.17, 15) is 39.6 Å². The van der Waals surface area contributed by atoms with Gasteiger partial charge in [0.25, 0.3) is 6.10 Å². The quantitative estimate of drug-likeness (QED) is 0.431. The van der Waals surface area contributed by atoms with Crippen LogP contribution in [0.3, 0.4) is 0 Å². The van der Waals surface area contributed by atoms with Crippen molar-refractivity contribution < 1.29 is 48.5 Å². The molecule has 0 aliphatic carbocycles. The maximum Gasteiger partial charge on any atom is 0.434 e. The van der Waals surface area contributed by atoms with Gasteiger partial charge in [-0.15, -0.1) is 0 Å². The summed E-state index contributed by atoms with van der Waals surface area (Å²) in [6.45, 7) is 0. The monoisotopic (exact) mass is 416 g/mol. The number of benzene rings is 2. The number of halogens is 6. The third-order valence-electron chi connectivity index (χ3n) is 3.14. The highest BCUT2D eigenvalue weighted by atomic mass is 32.2. The minimum atomic E-state index is -5.84. The van der Waals surface area contributed by atoms with Crippen LogP contribution >= 0.6 is 0 Å². The highest BCUT2D eigenvalue weighted by Crippen LogP contribution is 2.36. The number of esters is 1. The fourth-order valence-electron chi connectivity index (χ4n) is 2.16. The van der Waals surface area contributed by atoms with Gasteiger partial charge in [0.05, 0.1) is 11.8 Å². The summed E-state index contributed by atoms with van der Waals surface area (Å²) < 4.78 is 106. The van der Waals surface area contributed by atoms with Crippen LogP contribution in [0.2, 0.25) is 0 Å². The molecule has 0 fully saturated rings. The highest BCUT2D eigenvalue weighted by Gasteiger charge is 2.60. The second kappa shape index (κ2) is 6.91. The molecule has 5 nitrogen and oxygen atoms in total. The molecule has 148 valence electrons. The highest BCUT2D eigenvalue weighted by molar-refractivity contribution is 7.86. The zero-order valence-electron chi connectivity index (χ0n) is 13.3. The summed E-state index contributed by atoms with van der Waals surface area (Å²) >= 11 is 0. The normalized spacial score (nSPS) is 13.0. The molecule has 0 aliphatic heterocycles. The molecule has 2 rings (SSSR count). The topological polar surface area (TPSA) is 69.7 Å². The molecule has 0 heterocycles. The Bertz CT molecular complexity index is 951. The van der Waals surface area contributed by atoms with Crippen LogP contribution in [0.25, 0.3) is 10.8 Å². The number of ether oxygens (including phenoxy) is 1. The average Bonchev–Trinajstić information content (AvgIpc) is 2.47. The zero-order valence-corrected chi connectivity index (χ0v) is 14.1. The second-order valence-corrected chi connectivity index (χ2v) is 6.92. The van der Waals surface area contributed by atoms with Crippen molar-refractivity contribution in [2.24, 2.45) is 0 Å². The van der Waals surface area contributed by atoms with Crippen molar-refractivity contribution in [1.29, 1.82) is 0 Å². The molecule has 2 aromatic rings. The Morgan fingerprint density at radius 1 is 1.00 bits per heavy atom. The largest absolute Gasteiger partial charge is 0.439 e. The van der Waals surface area contributed by atoms with Crippen LogP contribution in [-0.4, -0.2) is 39.1 Å². The lowest BCUT2D eigenvalue weighted by Crippen LogP contribution is -2.45. The van der Waals surface area contributed by atoms with Gasteiger partial charge in [-0.1, -0.05) is 12.1 Å². The third kappa shape index (κ3) is 5.25. The van der Waals surface area contributed by atoms with Crippen molar-refractivity contribution in [1.82, 2.24) is 0 Å². The van der Waals surface area contributed by atoms with E-state index in [4.69, 9.17) is 0 Å². The summed E-state index contributed by atoms with van der Waals surface area (Å²) in [6.07, 6.45) is -15.2. The smallest absolute Gasteiger partial charge is 0.434 e. The Morgan fingerprint density at radius 2 is 1.59 bits per heavy atom. The van der Waals surface area contributed by atoms with Crippen molar-refractivity contribution >= 4 is 26.9 Å². The molecule has 0 aliphatic rings. The van der Waals surface area contributed by atoms with Gasteiger partial charge in [-0.3, -0.25) is 0 Å². The molecule has 0 saturated carbocycles. The van der Waals surface area contributed by atoms with Crippen LogP contribution in [0.1, 0.15) is 10.4 Å². The Hall–Kier alpha value is -2.50. The first-order valence-electron chi connectivity index (χ1n) is 6.95. The predicted octanol–water partition coefficient (Wildman–Crippen LogP) is 3.83. The molecule has 12 heteroatoms.